The fourth-order valence-corrected chi connectivity index (χ4v) is 2.01. The van der Waals surface area contributed by atoms with E-state index in [1.165, 1.54) is 6.08 Å². The smallest absolute Gasteiger partial charge is 0.400 e. The molecular weight excluding hydrogens is 277 g/mol. The molecule has 0 aliphatic carbocycles. The molecule has 114 valence electrons. The number of aliphatic hydroxyl groups is 1. The summed E-state index contributed by atoms with van der Waals surface area (Å²) in [5.41, 5.74) is -0.731. The van der Waals surface area contributed by atoms with E-state index in [9.17, 15) is 13.9 Å². The van der Waals surface area contributed by atoms with Crippen molar-refractivity contribution in [3.8, 4) is 0 Å². The Balaban J connectivity index is 2.33. The average molecular weight is 296 g/mol. The van der Waals surface area contributed by atoms with E-state index >= 15 is 0 Å². The quantitative estimate of drug-likeness (QED) is 0.872. The second-order valence-electron chi connectivity index (χ2n) is 6.13. The largest absolute Gasteiger partial charge is 0.492 e. The van der Waals surface area contributed by atoms with Gasteiger partial charge in [-0.3, -0.25) is 0 Å². The zero-order chi connectivity index (χ0) is 15.8. The van der Waals surface area contributed by atoms with E-state index in [2.05, 4.69) is 0 Å². The van der Waals surface area contributed by atoms with E-state index in [0.29, 0.717) is 5.47 Å². The van der Waals surface area contributed by atoms with E-state index in [1.54, 1.807) is 0 Å². The second-order valence-corrected chi connectivity index (χ2v) is 6.13. The van der Waals surface area contributed by atoms with Crippen LogP contribution in [0.15, 0.2) is 23.7 Å². The SMILES string of the molecule is CC1(C)OB(C(=Cc2cc(F)ccc2F)CO)OC1(C)C. The first kappa shape index (κ1) is 16.1. The molecule has 0 aromatic heterocycles. The van der Waals surface area contributed by atoms with Crippen LogP contribution in [0.3, 0.4) is 0 Å². The van der Waals surface area contributed by atoms with Crippen LogP contribution < -0.4 is 0 Å². The zero-order valence-electron chi connectivity index (χ0n) is 12.6. The van der Waals surface area contributed by atoms with Gasteiger partial charge in [-0.05, 0) is 51.4 Å². The second kappa shape index (κ2) is 5.52. The average Bonchev–Trinajstić information content (AvgIpc) is 2.59. The molecule has 6 heteroatoms. The summed E-state index contributed by atoms with van der Waals surface area (Å²) in [6, 6.07) is 3.15. The van der Waals surface area contributed by atoms with Crippen molar-refractivity contribution in [1.29, 1.82) is 0 Å². The Labute approximate surface area is 123 Å². The van der Waals surface area contributed by atoms with Crippen LogP contribution in [0.4, 0.5) is 8.78 Å². The van der Waals surface area contributed by atoms with Crippen molar-refractivity contribution >= 4 is 13.2 Å². The molecule has 21 heavy (non-hydrogen) atoms. The van der Waals surface area contributed by atoms with E-state index < -0.39 is 30.0 Å². The Hall–Kier alpha value is -1.24. The summed E-state index contributed by atoms with van der Waals surface area (Å²) in [5, 5.41) is 9.50. The molecule has 1 N–H and O–H groups in total. The number of rotatable bonds is 3. The Morgan fingerprint density at radius 1 is 1.19 bits per heavy atom. The number of aliphatic hydroxyl groups excluding tert-OH is 1. The lowest BCUT2D eigenvalue weighted by Crippen LogP contribution is -2.41. The first-order valence-corrected chi connectivity index (χ1v) is 6.78. The third-order valence-corrected chi connectivity index (χ3v) is 4.04. The van der Waals surface area contributed by atoms with Crippen molar-refractivity contribution in [2.24, 2.45) is 0 Å². The highest BCUT2D eigenvalue weighted by Gasteiger charge is 2.52. The molecule has 1 aliphatic heterocycles. The van der Waals surface area contributed by atoms with E-state index in [-0.39, 0.29) is 12.2 Å². The molecule has 1 heterocycles. The van der Waals surface area contributed by atoms with Gasteiger partial charge in [0.05, 0.1) is 17.8 Å². The molecule has 1 aromatic rings. The van der Waals surface area contributed by atoms with Crippen LogP contribution in [-0.4, -0.2) is 30.0 Å². The van der Waals surface area contributed by atoms with Gasteiger partial charge < -0.3 is 14.4 Å². The minimum Gasteiger partial charge on any atom is -0.400 e. The first-order valence-electron chi connectivity index (χ1n) is 6.78. The summed E-state index contributed by atoms with van der Waals surface area (Å²) < 4.78 is 38.5. The summed E-state index contributed by atoms with van der Waals surface area (Å²) in [4.78, 5) is 0. The molecule has 1 aliphatic rings. The van der Waals surface area contributed by atoms with Crippen molar-refractivity contribution < 1.29 is 23.2 Å². The lowest BCUT2D eigenvalue weighted by atomic mass is 9.77. The maximum absolute atomic E-state index is 13.7. The maximum Gasteiger partial charge on any atom is 0.492 e. The van der Waals surface area contributed by atoms with Crippen molar-refractivity contribution in [2.75, 3.05) is 6.61 Å². The standard InChI is InChI=1S/C15H19BF2O3/c1-14(2)15(3,4)21-16(20-14)11(9-19)7-10-8-12(17)5-6-13(10)18/h5-8,19H,9H2,1-4H3. The molecule has 0 radical (unpaired) electrons. The van der Waals surface area contributed by atoms with E-state index in [1.807, 2.05) is 27.7 Å². The Kier molecular flexibility index (Phi) is 4.24. The van der Waals surface area contributed by atoms with Gasteiger partial charge in [0.1, 0.15) is 11.6 Å². The molecule has 1 aromatic carbocycles. The third kappa shape index (κ3) is 3.17. The van der Waals surface area contributed by atoms with Crippen molar-refractivity contribution in [2.45, 2.75) is 38.9 Å². The summed E-state index contributed by atoms with van der Waals surface area (Å²) in [5.74, 6) is -1.12. The molecule has 3 nitrogen and oxygen atoms in total. The molecule has 1 saturated heterocycles. The van der Waals surface area contributed by atoms with Gasteiger partial charge in [0.2, 0.25) is 0 Å². The summed E-state index contributed by atoms with van der Waals surface area (Å²) in [7, 11) is -0.789. The minimum atomic E-state index is -0.789. The molecule has 0 atom stereocenters. The normalized spacial score (nSPS) is 20.9. The number of benzene rings is 1. The fraction of sp³-hybridized carbons (Fsp3) is 0.467. The monoisotopic (exact) mass is 296 g/mol. The zero-order valence-corrected chi connectivity index (χ0v) is 12.6. The number of halogens is 2. The van der Waals surface area contributed by atoms with Crippen LogP contribution in [0, 0.1) is 11.6 Å². The van der Waals surface area contributed by atoms with E-state index in [0.717, 1.165) is 18.2 Å². The minimum absolute atomic E-state index is 0.0498. The van der Waals surface area contributed by atoms with Crippen LogP contribution in [0.5, 0.6) is 0 Å². The highest BCUT2D eigenvalue weighted by atomic mass is 19.1. The van der Waals surface area contributed by atoms with Crippen molar-refractivity contribution in [3.63, 3.8) is 0 Å². The Morgan fingerprint density at radius 3 is 2.29 bits per heavy atom. The highest BCUT2D eigenvalue weighted by molar-refractivity contribution is 6.55. The first-order chi connectivity index (χ1) is 9.66. The van der Waals surface area contributed by atoms with Crippen LogP contribution in [-0.2, 0) is 9.31 Å². The van der Waals surface area contributed by atoms with Crippen molar-refractivity contribution in [1.82, 2.24) is 0 Å². The van der Waals surface area contributed by atoms with Gasteiger partial charge in [-0.15, -0.1) is 0 Å². The van der Waals surface area contributed by atoms with Gasteiger partial charge in [-0.2, -0.15) is 0 Å². The predicted molar refractivity (Wildman–Crippen MR) is 77.5 cm³/mol. The Bertz CT molecular complexity index is 554. The topological polar surface area (TPSA) is 38.7 Å². The summed E-state index contributed by atoms with van der Waals surface area (Å²) in [6.07, 6.45) is 1.36. The van der Waals surface area contributed by atoms with Gasteiger partial charge in [-0.25, -0.2) is 8.78 Å². The van der Waals surface area contributed by atoms with Gasteiger partial charge in [0.25, 0.3) is 0 Å². The molecular formula is C15H19BF2O3. The van der Waals surface area contributed by atoms with Crippen LogP contribution in [0.25, 0.3) is 6.08 Å². The van der Waals surface area contributed by atoms with Crippen molar-refractivity contribution in [3.05, 3.63) is 40.9 Å². The molecule has 0 bridgehead atoms. The molecule has 0 spiro atoms. The van der Waals surface area contributed by atoms with E-state index in [4.69, 9.17) is 9.31 Å². The van der Waals surface area contributed by atoms with Crippen LogP contribution in [0.2, 0.25) is 0 Å². The number of hydrogen-bond acceptors (Lipinski definition) is 3. The fourth-order valence-electron chi connectivity index (χ4n) is 2.01. The van der Waals surface area contributed by atoms with Gasteiger partial charge in [0.15, 0.2) is 0 Å². The molecule has 0 saturated carbocycles. The van der Waals surface area contributed by atoms with Gasteiger partial charge in [-0.1, -0.05) is 6.08 Å². The lowest BCUT2D eigenvalue weighted by molar-refractivity contribution is 0.00578. The van der Waals surface area contributed by atoms with Gasteiger partial charge >= 0.3 is 7.12 Å². The van der Waals surface area contributed by atoms with Crippen LogP contribution >= 0.6 is 0 Å². The summed E-state index contributed by atoms with van der Waals surface area (Å²) in [6.45, 7) is 7.15. The highest BCUT2D eigenvalue weighted by Crippen LogP contribution is 2.38. The molecule has 1 fully saturated rings. The molecule has 0 unspecified atom stereocenters. The number of hydrogen-bond donors (Lipinski definition) is 1. The molecule has 0 amide bonds. The molecule has 2 rings (SSSR count). The van der Waals surface area contributed by atoms with Gasteiger partial charge in [0, 0.05) is 5.56 Å². The predicted octanol–water partition coefficient (Wildman–Crippen LogP) is 2.97. The third-order valence-electron chi connectivity index (χ3n) is 4.04. The maximum atomic E-state index is 13.7. The Morgan fingerprint density at radius 2 is 1.76 bits per heavy atom. The lowest BCUT2D eigenvalue weighted by Gasteiger charge is -2.32. The summed E-state index contributed by atoms with van der Waals surface area (Å²) >= 11 is 0. The van der Waals surface area contributed by atoms with Crippen LogP contribution in [0.1, 0.15) is 33.3 Å².